The molecule has 0 unspecified atom stereocenters. The molecule has 4 rings (SSSR count). The molecule has 0 aromatic heterocycles. The van der Waals surface area contributed by atoms with Gasteiger partial charge in [0.15, 0.2) is 0 Å². The Kier molecular flexibility index (Phi) is 4.88. The fourth-order valence-corrected chi connectivity index (χ4v) is 3.17. The zero-order valence-corrected chi connectivity index (χ0v) is 15.3. The number of hydrogen-bond acceptors (Lipinski definition) is 2. The van der Waals surface area contributed by atoms with E-state index in [1.807, 2.05) is 24.3 Å². The van der Waals surface area contributed by atoms with Gasteiger partial charge in [-0.2, -0.15) is 0 Å². The van der Waals surface area contributed by atoms with Gasteiger partial charge in [-0.3, -0.25) is 0 Å². The van der Waals surface area contributed by atoms with E-state index in [9.17, 15) is 0 Å². The maximum Gasteiger partial charge on any atom is 0.0464 e. The van der Waals surface area contributed by atoms with Gasteiger partial charge in [0.1, 0.15) is 0 Å². The van der Waals surface area contributed by atoms with Gasteiger partial charge in [-0.15, -0.1) is 0 Å². The minimum Gasteiger partial charge on any atom is -0.356 e. The van der Waals surface area contributed by atoms with Crippen LogP contribution in [0.4, 0.5) is 28.4 Å². The van der Waals surface area contributed by atoms with Gasteiger partial charge in [-0.1, -0.05) is 48.5 Å². The van der Waals surface area contributed by atoms with Crippen molar-refractivity contribution in [2.24, 2.45) is 0 Å². The van der Waals surface area contributed by atoms with E-state index >= 15 is 0 Å². The van der Waals surface area contributed by atoms with E-state index in [2.05, 4.69) is 102 Å². The fraction of sp³-hybridized carbons (Fsp3) is 0.0400. The molecule has 0 amide bonds. The third-order valence-electron chi connectivity index (χ3n) is 4.46. The third kappa shape index (κ3) is 4.01. The maximum atomic E-state index is 3.44. The van der Waals surface area contributed by atoms with Crippen LogP contribution in [0, 0.1) is 6.92 Å². The Morgan fingerprint density at radius 2 is 1.07 bits per heavy atom. The molecule has 0 aliphatic heterocycles. The molecule has 0 aliphatic carbocycles. The summed E-state index contributed by atoms with van der Waals surface area (Å²) in [6.07, 6.45) is 0. The smallest absolute Gasteiger partial charge is 0.0464 e. The monoisotopic (exact) mass is 350 g/mol. The van der Waals surface area contributed by atoms with Crippen molar-refractivity contribution in [3.05, 3.63) is 115 Å². The number of anilines is 5. The minimum atomic E-state index is 1.07. The van der Waals surface area contributed by atoms with Crippen molar-refractivity contribution in [3.63, 3.8) is 0 Å². The van der Waals surface area contributed by atoms with Crippen molar-refractivity contribution in [1.82, 2.24) is 0 Å². The molecule has 0 spiro atoms. The van der Waals surface area contributed by atoms with Gasteiger partial charge in [0.2, 0.25) is 0 Å². The van der Waals surface area contributed by atoms with Crippen LogP contribution in [-0.2, 0) is 0 Å². The lowest BCUT2D eigenvalue weighted by atomic mass is 10.1. The maximum absolute atomic E-state index is 3.44. The van der Waals surface area contributed by atoms with E-state index < -0.39 is 0 Å². The van der Waals surface area contributed by atoms with Crippen LogP contribution in [0.5, 0.6) is 0 Å². The number of nitrogens with one attached hydrogen (secondary N) is 1. The normalized spacial score (nSPS) is 10.4. The summed E-state index contributed by atoms with van der Waals surface area (Å²) in [5.74, 6) is 0. The van der Waals surface area contributed by atoms with E-state index in [-0.39, 0.29) is 0 Å². The van der Waals surface area contributed by atoms with E-state index in [0.717, 1.165) is 28.4 Å². The first kappa shape index (κ1) is 16.9. The van der Waals surface area contributed by atoms with Gasteiger partial charge in [0.05, 0.1) is 0 Å². The Morgan fingerprint density at radius 1 is 0.519 bits per heavy atom. The van der Waals surface area contributed by atoms with Crippen LogP contribution >= 0.6 is 0 Å². The van der Waals surface area contributed by atoms with Crippen molar-refractivity contribution in [1.29, 1.82) is 0 Å². The van der Waals surface area contributed by atoms with Gasteiger partial charge < -0.3 is 10.2 Å². The van der Waals surface area contributed by atoms with Crippen LogP contribution in [0.2, 0.25) is 0 Å². The van der Waals surface area contributed by atoms with Gasteiger partial charge >= 0.3 is 0 Å². The standard InChI is InChI=1S/C25H22N2/c1-20-9-8-14-25(19-20)27(23-12-6-3-7-13-23)24-17-15-22(16-18-24)26-21-10-4-2-5-11-21/h2-19,26H,1H3. The Labute approximate surface area is 160 Å². The number of hydrogen-bond donors (Lipinski definition) is 1. The van der Waals surface area contributed by atoms with E-state index in [4.69, 9.17) is 0 Å². The topological polar surface area (TPSA) is 15.3 Å². The summed E-state index contributed by atoms with van der Waals surface area (Å²) in [5, 5.41) is 3.44. The molecular weight excluding hydrogens is 328 g/mol. The second kappa shape index (κ2) is 7.79. The Bertz CT molecular complexity index is 993. The number of benzene rings is 4. The summed E-state index contributed by atoms with van der Waals surface area (Å²) in [5.41, 5.74) is 6.84. The summed E-state index contributed by atoms with van der Waals surface area (Å²) in [6, 6.07) is 37.8. The number of rotatable bonds is 5. The quantitative estimate of drug-likeness (QED) is 0.409. The zero-order valence-electron chi connectivity index (χ0n) is 15.3. The molecule has 4 aromatic carbocycles. The highest BCUT2D eigenvalue weighted by atomic mass is 15.1. The first-order valence-corrected chi connectivity index (χ1v) is 9.13. The fourth-order valence-electron chi connectivity index (χ4n) is 3.17. The molecule has 2 nitrogen and oxygen atoms in total. The predicted octanol–water partition coefficient (Wildman–Crippen LogP) is 7.21. The summed E-state index contributed by atoms with van der Waals surface area (Å²) >= 11 is 0. The van der Waals surface area contributed by atoms with Gasteiger partial charge in [0, 0.05) is 28.4 Å². The average molecular weight is 350 g/mol. The molecule has 27 heavy (non-hydrogen) atoms. The molecule has 0 fully saturated rings. The van der Waals surface area contributed by atoms with Crippen LogP contribution in [0.25, 0.3) is 0 Å². The predicted molar refractivity (Wildman–Crippen MR) is 116 cm³/mol. The second-order valence-corrected chi connectivity index (χ2v) is 6.55. The number of aryl methyl sites for hydroxylation is 1. The molecular formula is C25H22N2. The van der Waals surface area contributed by atoms with E-state index in [1.165, 1.54) is 5.56 Å². The Balaban J connectivity index is 1.68. The molecule has 0 radical (unpaired) electrons. The highest BCUT2D eigenvalue weighted by molar-refractivity contribution is 5.77. The number of nitrogens with zero attached hydrogens (tertiary/aromatic N) is 1. The van der Waals surface area contributed by atoms with Gasteiger partial charge in [-0.05, 0) is 73.2 Å². The van der Waals surface area contributed by atoms with Gasteiger partial charge in [-0.25, -0.2) is 0 Å². The first-order valence-electron chi connectivity index (χ1n) is 9.13. The van der Waals surface area contributed by atoms with Crippen molar-refractivity contribution < 1.29 is 0 Å². The van der Waals surface area contributed by atoms with Crippen LogP contribution < -0.4 is 10.2 Å². The molecule has 2 heteroatoms. The average Bonchev–Trinajstić information content (AvgIpc) is 2.71. The SMILES string of the molecule is Cc1cccc(N(c2ccccc2)c2ccc(Nc3ccccc3)cc2)c1. The van der Waals surface area contributed by atoms with Crippen LogP contribution in [-0.4, -0.2) is 0 Å². The first-order chi connectivity index (χ1) is 13.3. The van der Waals surface area contributed by atoms with E-state index in [0.29, 0.717) is 0 Å². The molecule has 4 aromatic rings. The van der Waals surface area contributed by atoms with Crippen molar-refractivity contribution in [2.75, 3.05) is 10.2 Å². The van der Waals surface area contributed by atoms with Crippen LogP contribution in [0.15, 0.2) is 109 Å². The van der Waals surface area contributed by atoms with Crippen molar-refractivity contribution in [2.45, 2.75) is 6.92 Å². The van der Waals surface area contributed by atoms with Crippen LogP contribution in [0.3, 0.4) is 0 Å². The largest absolute Gasteiger partial charge is 0.356 e. The zero-order chi connectivity index (χ0) is 18.5. The molecule has 0 heterocycles. The summed E-state index contributed by atoms with van der Waals surface area (Å²) in [4.78, 5) is 2.28. The highest BCUT2D eigenvalue weighted by Crippen LogP contribution is 2.35. The molecule has 0 saturated carbocycles. The van der Waals surface area contributed by atoms with E-state index in [1.54, 1.807) is 0 Å². The summed E-state index contributed by atoms with van der Waals surface area (Å²) in [7, 11) is 0. The lowest BCUT2D eigenvalue weighted by Gasteiger charge is -2.26. The molecule has 132 valence electrons. The lowest BCUT2D eigenvalue weighted by molar-refractivity contribution is 1.27. The molecule has 0 bridgehead atoms. The van der Waals surface area contributed by atoms with Crippen molar-refractivity contribution >= 4 is 28.4 Å². The van der Waals surface area contributed by atoms with Crippen LogP contribution in [0.1, 0.15) is 5.56 Å². The van der Waals surface area contributed by atoms with Gasteiger partial charge in [0.25, 0.3) is 0 Å². The number of para-hydroxylation sites is 2. The summed E-state index contributed by atoms with van der Waals surface area (Å²) < 4.78 is 0. The molecule has 0 atom stereocenters. The lowest BCUT2D eigenvalue weighted by Crippen LogP contribution is -2.09. The molecule has 0 aliphatic rings. The minimum absolute atomic E-state index is 1.07. The highest BCUT2D eigenvalue weighted by Gasteiger charge is 2.12. The Hall–Kier alpha value is -3.52. The third-order valence-corrected chi connectivity index (χ3v) is 4.46. The molecule has 0 saturated heterocycles. The molecule has 1 N–H and O–H groups in total. The summed E-state index contributed by atoms with van der Waals surface area (Å²) in [6.45, 7) is 2.12. The Morgan fingerprint density at radius 3 is 1.74 bits per heavy atom. The second-order valence-electron chi connectivity index (χ2n) is 6.55. The van der Waals surface area contributed by atoms with Crippen molar-refractivity contribution in [3.8, 4) is 0 Å².